The largest absolute Gasteiger partial charge is 0.416 e. The van der Waals surface area contributed by atoms with Gasteiger partial charge in [-0.25, -0.2) is 4.99 Å². The first-order valence-electron chi connectivity index (χ1n) is 4.73. The molecular formula is C11H8F3NO. The Hall–Kier alpha value is -1.65. The van der Waals surface area contributed by atoms with E-state index in [1.54, 1.807) is 0 Å². The summed E-state index contributed by atoms with van der Waals surface area (Å²) >= 11 is 0. The molecule has 16 heavy (non-hydrogen) atoms. The minimum Gasteiger partial charge on any atom is -0.297 e. The summed E-state index contributed by atoms with van der Waals surface area (Å²) in [5, 5.41) is 0. The third kappa shape index (κ3) is 1.98. The SMILES string of the molecule is O=CC1=Nc2ccc(C(F)(F)F)cc2CC1. The van der Waals surface area contributed by atoms with Crippen LogP contribution in [0.1, 0.15) is 17.5 Å². The van der Waals surface area contributed by atoms with Crippen LogP contribution in [-0.4, -0.2) is 12.0 Å². The molecule has 0 amide bonds. The van der Waals surface area contributed by atoms with Gasteiger partial charge in [0, 0.05) is 0 Å². The van der Waals surface area contributed by atoms with Crippen molar-refractivity contribution in [3.05, 3.63) is 29.3 Å². The lowest BCUT2D eigenvalue weighted by Crippen LogP contribution is -2.10. The third-order valence-electron chi connectivity index (χ3n) is 2.46. The maximum absolute atomic E-state index is 12.4. The zero-order valence-electron chi connectivity index (χ0n) is 8.21. The van der Waals surface area contributed by atoms with Gasteiger partial charge in [-0.1, -0.05) is 0 Å². The highest BCUT2D eigenvalue weighted by Crippen LogP contribution is 2.34. The molecule has 0 fully saturated rings. The Balaban J connectivity index is 2.43. The zero-order valence-corrected chi connectivity index (χ0v) is 8.21. The van der Waals surface area contributed by atoms with E-state index in [1.165, 1.54) is 6.07 Å². The van der Waals surface area contributed by atoms with Crippen LogP contribution in [0.25, 0.3) is 0 Å². The minimum atomic E-state index is -4.33. The fraction of sp³-hybridized carbons (Fsp3) is 0.273. The Bertz CT molecular complexity index is 463. The van der Waals surface area contributed by atoms with Gasteiger partial charge in [-0.05, 0) is 36.6 Å². The number of aldehydes is 1. The van der Waals surface area contributed by atoms with E-state index >= 15 is 0 Å². The number of alkyl halides is 3. The van der Waals surface area contributed by atoms with E-state index in [0.29, 0.717) is 36.1 Å². The van der Waals surface area contributed by atoms with Crippen LogP contribution in [0.15, 0.2) is 23.2 Å². The van der Waals surface area contributed by atoms with Crippen LogP contribution in [0.4, 0.5) is 18.9 Å². The molecule has 1 aromatic carbocycles. The molecule has 1 aliphatic rings. The standard InChI is InChI=1S/C11H8F3NO/c12-11(13,14)8-2-4-10-7(5-8)1-3-9(6-16)15-10/h2,4-6H,1,3H2. The highest BCUT2D eigenvalue weighted by atomic mass is 19.4. The summed E-state index contributed by atoms with van der Waals surface area (Å²) in [5.41, 5.74) is 0.713. The summed E-state index contributed by atoms with van der Waals surface area (Å²) in [6, 6.07) is 3.39. The Labute approximate surface area is 89.8 Å². The second-order valence-electron chi connectivity index (χ2n) is 3.56. The van der Waals surface area contributed by atoms with E-state index in [2.05, 4.69) is 4.99 Å². The molecule has 2 nitrogen and oxygen atoms in total. The summed E-state index contributed by atoms with van der Waals surface area (Å²) in [4.78, 5) is 14.5. The second kappa shape index (κ2) is 3.73. The lowest BCUT2D eigenvalue weighted by Gasteiger charge is -2.14. The molecule has 0 spiro atoms. The number of halogens is 3. The molecule has 5 heteroatoms. The van der Waals surface area contributed by atoms with E-state index in [0.717, 1.165) is 12.1 Å². The normalized spacial score (nSPS) is 15.3. The number of fused-ring (bicyclic) bond motifs is 1. The van der Waals surface area contributed by atoms with Crippen LogP contribution in [0.5, 0.6) is 0 Å². The van der Waals surface area contributed by atoms with E-state index in [1.807, 2.05) is 0 Å². The summed E-state index contributed by atoms with van der Waals surface area (Å²) in [6.07, 6.45) is -2.86. The number of carbonyl (C=O) groups excluding carboxylic acids is 1. The lowest BCUT2D eigenvalue weighted by molar-refractivity contribution is -0.137. The van der Waals surface area contributed by atoms with Gasteiger partial charge in [0.2, 0.25) is 0 Å². The number of carbonyl (C=O) groups is 1. The van der Waals surface area contributed by atoms with Crippen molar-refractivity contribution in [3.8, 4) is 0 Å². The predicted octanol–water partition coefficient (Wildman–Crippen LogP) is 2.92. The van der Waals surface area contributed by atoms with Crippen molar-refractivity contribution in [3.63, 3.8) is 0 Å². The molecular weight excluding hydrogens is 219 g/mol. The third-order valence-corrected chi connectivity index (χ3v) is 2.46. The number of nitrogens with zero attached hydrogens (tertiary/aromatic N) is 1. The van der Waals surface area contributed by atoms with Crippen molar-refractivity contribution < 1.29 is 18.0 Å². The number of aliphatic imine (C=N–C) groups is 1. The molecule has 2 rings (SSSR count). The maximum atomic E-state index is 12.4. The van der Waals surface area contributed by atoms with Crippen molar-refractivity contribution in [1.82, 2.24) is 0 Å². The lowest BCUT2D eigenvalue weighted by atomic mass is 9.99. The molecule has 0 saturated heterocycles. The van der Waals surface area contributed by atoms with Crippen LogP contribution in [0.3, 0.4) is 0 Å². The number of benzene rings is 1. The fourth-order valence-corrected chi connectivity index (χ4v) is 1.63. The summed E-state index contributed by atoms with van der Waals surface area (Å²) in [7, 11) is 0. The Morgan fingerprint density at radius 2 is 2.00 bits per heavy atom. The quantitative estimate of drug-likeness (QED) is 0.678. The van der Waals surface area contributed by atoms with Crippen LogP contribution < -0.4 is 0 Å². The number of hydrogen-bond donors (Lipinski definition) is 0. The average molecular weight is 227 g/mol. The van der Waals surface area contributed by atoms with Crippen LogP contribution in [0, 0.1) is 0 Å². The molecule has 1 aliphatic heterocycles. The van der Waals surface area contributed by atoms with Gasteiger partial charge in [-0.15, -0.1) is 0 Å². The summed E-state index contributed by atoms with van der Waals surface area (Å²) < 4.78 is 37.2. The van der Waals surface area contributed by atoms with Gasteiger partial charge < -0.3 is 0 Å². The topological polar surface area (TPSA) is 29.4 Å². The van der Waals surface area contributed by atoms with Gasteiger partial charge in [0.15, 0.2) is 6.29 Å². The van der Waals surface area contributed by atoms with Crippen molar-refractivity contribution in [2.75, 3.05) is 0 Å². The molecule has 0 aromatic heterocycles. The van der Waals surface area contributed by atoms with Crippen LogP contribution >= 0.6 is 0 Å². The number of rotatable bonds is 1. The van der Waals surface area contributed by atoms with Gasteiger partial charge in [0.05, 0.1) is 17.0 Å². The van der Waals surface area contributed by atoms with Crippen molar-refractivity contribution in [2.45, 2.75) is 19.0 Å². The molecule has 0 saturated carbocycles. The van der Waals surface area contributed by atoms with E-state index in [-0.39, 0.29) is 0 Å². The van der Waals surface area contributed by atoms with Gasteiger partial charge in [0.1, 0.15) is 0 Å². The Morgan fingerprint density at radius 1 is 1.25 bits per heavy atom. The highest BCUT2D eigenvalue weighted by molar-refractivity contribution is 6.29. The summed E-state index contributed by atoms with van der Waals surface area (Å²) in [5.74, 6) is 0. The predicted molar refractivity (Wildman–Crippen MR) is 52.9 cm³/mol. The molecule has 0 atom stereocenters. The smallest absolute Gasteiger partial charge is 0.297 e. The van der Waals surface area contributed by atoms with Gasteiger partial charge in [-0.2, -0.15) is 13.2 Å². The molecule has 1 heterocycles. The van der Waals surface area contributed by atoms with Crippen LogP contribution in [-0.2, 0) is 17.4 Å². The molecule has 1 aromatic rings. The first-order valence-corrected chi connectivity index (χ1v) is 4.73. The van der Waals surface area contributed by atoms with E-state index in [9.17, 15) is 18.0 Å². The van der Waals surface area contributed by atoms with Gasteiger partial charge >= 0.3 is 6.18 Å². The van der Waals surface area contributed by atoms with Crippen LogP contribution in [0.2, 0.25) is 0 Å². The highest BCUT2D eigenvalue weighted by Gasteiger charge is 2.31. The first-order chi connectivity index (χ1) is 7.50. The van der Waals surface area contributed by atoms with Crippen molar-refractivity contribution in [2.24, 2.45) is 4.99 Å². The van der Waals surface area contributed by atoms with Gasteiger partial charge in [0.25, 0.3) is 0 Å². The minimum absolute atomic E-state index is 0.382. The second-order valence-corrected chi connectivity index (χ2v) is 3.56. The fourth-order valence-electron chi connectivity index (χ4n) is 1.63. The number of hydrogen-bond acceptors (Lipinski definition) is 2. The van der Waals surface area contributed by atoms with E-state index < -0.39 is 11.7 Å². The molecule has 0 bridgehead atoms. The Kier molecular flexibility index (Phi) is 2.53. The Morgan fingerprint density at radius 3 is 2.62 bits per heavy atom. The van der Waals surface area contributed by atoms with Crippen molar-refractivity contribution in [1.29, 1.82) is 0 Å². The van der Waals surface area contributed by atoms with E-state index in [4.69, 9.17) is 0 Å². The molecule has 0 radical (unpaired) electrons. The molecule has 0 unspecified atom stereocenters. The zero-order chi connectivity index (χ0) is 11.8. The number of aryl methyl sites for hydroxylation is 1. The molecule has 84 valence electrons. The average Bonchev–Trinajstić information content (AvgIpc) is 2.26. The monoisotopic (exact) mass is 227 g/mol. The van der Waals surface area contributed by atoms with Crippen molar-refractivity contribution >= 4 is 17.7 Å². The molecule has 0 N–H and O–H groups in total. The summed E-state index contributed by atoms with van der Waals surface area (Å²) in [6.45, 7) is 0. The molecule has 0 aliphatic carbocycles. The van der Waals surface area contributed by atoms with Gasteiger partial charge in [-0.3, -0.25) is 4.79 Å². The maximum Gasteiger partial charge on any atom is 0.416 e. The first kappa shape index (κ1) is 10.9.